The van der Waals surface area contributed by atoms with Gasteiger partial charge in [-0.05, 0) is 128 Å². The molecule has 1 unspecified atom stereocenters. The van der Waals surface area contributed by atoms with Gasteiger partial charge in [-0.15, -0.1) is 0 Å². The number of hydrogen-bond acceptors (Lipinski definition) is 6. The fourth-order valence-corrected chi connectivity index (χ4v) is 6.22. The van der Waals surface area contributed by atoms with Crippen LogP contribution < -0.4 is 0 Å². The molecule has 354 valence electrons. The van der Waals surface area contributed by atoms with Crippen LogP contribution >= 0.6 is 0 Å². The molecule has 0 saturated carbocycles. The molecule has 0 aromatic rings. The van der Waals surface area contributed by atoms with Gasteiger partial charge >= 0.3 is 17.9 Å². The summed E-state index contributed by atoms with van der Waals surface area (Å²) in [5.41, 5.74) is 0. The van der Waals surface area contributed by atoms with E-state index in [4.69, 9.17) is 14.2 Å². The third kappa shape index (κ3) is 48.7. The Bertz CT molecular complexity index is 1370. The Balaban J connectivity index is 4.57. The largest absolute Gasteiger partial charge is 0.462 e. The molecular weight excluding hydrogens is 781 g/mol. The molecule has 0 saturated heterocycles. The summed E-state index contributed by atoms with van der Waals surface area (Å²) in [6, 6.07) is 0. The van der Waals surface area contributed by atoms with E-state index in [-0.39, 0.29) is 44.0 Å². The highest BCUT2D eigenvalue weighted by Gasteiger charge is 2.19. The average Bonchev–Trinajstić information content (AvgIpc) is 3.28. The summed E-state index contributed by atoms with van der Waals surface area (Å²) in [6.45, 7) is 6.27. The number of rotatable bonds is 43. The lowest BCUT2D eigenvalue weighted by Gasteiger charge is -2.18. The van der Waals surface area contributed by atoms with Gasteiger partial charge in [0, 0.05) is 19.3 Å². The molecule has 0 aliphatic heterocycles. The topological polar surface area (TPSA) is 78.9 Å². The molecular formula is C57H90O6. The van der Waals surface area contributed by atoms with Gasteiger partial charge in [0.05, 0.1) is 0 Å². The smallest absolute Gasteiger partial charge is 0.306 e. The van der Waals surface area contributed by atoms with Crippen molar-refractivity contribution in [2.75, 3.05) is 13.2 Å². The lowest BCUT2D eigenvalue weighted by molar-refractivity contribution is -0.167. The Kier molecular flexibility index (Phi) is 47.1. The van der Waals surface area contributed by atoms with Crippen molar-refractivity contribution in [2.45, 2.75) is 207 Å². The molecule has 0 fully saturated rings. The molecule has 0 bridgehead atoms. The second-order valence-electron chi connectivity index (χ2n) is 16.0. The molecule has 0 aromatic carbocycles. The van der Waals surface area contributed by atoms with Gasteiger partial charge in [-0.25, -0.2) is 0 Å². The third-order valence-electron chi connectivity index (χ3n) is 9.93. The molecule has 0 spiro atoms. The number of carbonyl (C=O) groups excluding carboxylic acids is 3. The van der Waals surface area contributed by atoms with Crippen molar-refractivity contribution in [3.8, 4) is 0 Å². The first kappa shape index (κ1) is 58.8. The van der Waals surface area contributed by atoms with Crippen LogP contribution in [-0.4, -0.2) is 37.2 Å². The van der Waals surface area contributed by atoms with E-state index in [9.17, 15) is 14.4 Å². The molecule has 63 heavy (non-hydrogen) atoms. The van der Waals surface area contributed by atoms with Crippen LogP contribution in [0.4, 0.5) is 0 Å². The summed E-state index contributed by atoms with van der Waals surface area (Å²) in [7, 11) is 0. The molecule has 0 rings (SSSR count). The van der Waals surface area contributed by atoms with Gasteiger partial charge in [-0.3, -0.25) is 14.4 Å². The van der Waals surface area contributed by atoms with Crippen LogP contribution in [0.2, 0.25) is 0 Å². The predicted molar refractivity (Wildman–Crippen MR) is 269 cm³/mol. The van der Waals surface area contributed by atoms with Crippen molar-refractivity contribution < 1.29 is 28.6 Å². The summed E-state index contributed by atoms with van der Waals surface area (Å²) in [4.78, 5) is 37.9. The van der Waals surface area contributed by atoms with Gasteiger partial charge in [0.1, 0.15) is 13.2 Å². The Hall–Kier alpha value is -4.19. The lowest BCUT2D eigenvalue weighted by atomic mass is 10.1. The average molecular weight is 871 g/mol. The number of carbonyl (C=O) groups is 3. The van der Waals surface area contributed by atoms with Crippen molar-refractivity contribution in [3.63, 3.8) is 0 Å². The lowest BCUT2D eigenvalue weighted by Crippen LogP contribution is -2.30. The summed E-state index contributed by atoms with van der Waals surface area (Å²) in [5, 5.41) is 0. The molecule has 0 radical (unpaired) electrons. The molecule has 6 heteroatoms. The summed E-state index contributed by atoms with van der Waals surface area (Å²) in [6.07, 6.45) is 69.0. The number of esters is 3. The fraction of sp³-hybridized carbons (Fsp3) is 0.596. The van der Waals surface area contributed by atoms with Gasteiger partial charge in [-0.1, -0.05) is 174 Å². The van der Waals surface area contributed by atoms with Crippen molar-refractivity contribution in [1.82, 2.24) is 0 Å². The summed E-state index contributed by atoms with van der Waals surface area (Å²) >= 11 is 0. The number of allylic oxidation sites excluding steroid dienone is 20. The quantitative estimate of drug-likeness (QED) is 0.0263. The van der Waals surface area contributed by atoms with E-state index < -0.39 is 6.10 Å². The minimum Gasteiger partial charge on any atom is -0.462 e. The van der Waals surface area contributed by atoms with Crippen LogP contribution in [0.1, 0.15) is 201 Å². The molecule has 0 aliphatic carbocycles. The Morgan fingerprint density at radius 1 is 0.333 bits per heavy atom. The van der Waals surface area contributed by atoms with E-state index in [2.05, 4.69) is 142 Å². The summed E-state index contributed by atoms with van der Waals surface area (Å²) in [5.74, 6) is -1.03. The van der Waals surface area contributed by atoms with E-state index in [1.165, 1.54) is 25.7 Å². The van der Waals surface area contributed by atoms with Crippen LogP contribution in [0.5, 0.6) is 0 Å². The van der Waals surface area contributed by atoms with Crippen LogP contribution in [0.15, 0.2) is 122 Å². The van der Waals surface area contributed by atoms with E-state index in [1.54, 1.807) is 0 Å². The van der Waals surface area contributed by atoms with Crippen LogP contribution in [0, 0.1) is 0 Å². The summed E-state index contributed by atoms with van der Waals surface area (Å²) < 4.78 is 16.7. The molecule has 6 nitrogen and oxygen atoms in total. The Morgan fingerprint density at radius 3 is 1.00 bits per heavy atom. The van der Waals surface area contributed by atoms with Crippen LogP contribution in [-0.2, 0) is 28.6 Å². The SMILES string of the molecule is CC/C=C\C/C=C\C/C=C\C/C=C\CCCCC(=O)OCC(COC(=O)CCCCCCC/C=C\C/C=C\CCCCC)OC(=O)CCCC/C=C\C/C=C\C/C=C\C/C=C\CC. The Labute approximate surface area is 386 Å². The van der Waals surface area contributed by atoms with Gasteiger partial charge in [0.15, 0.2) is 6.10 Å². The second kappa shape index (κ2) is 50.5. The minimum absolute atomic E-state index is 0.119. The van der Waals surface area contributed by atoms with E-state index >= 15 is 0 Å². The molecule has 0 amide bonds. The highest BCUT2D eigenvalue weighted by atomic mass is 16.6. The maximum atomic E-state index is 12.8. The number of unbranched alkanes of at least 4 members (excludes halogenated alkanes) is 12. The second-order valence-corrected chi connectivity index (χ2v) is 16.0. The third-order valence-corrected chi connectivity index (χ3v) is 9.93. The maximum absolute atomic E-state index is 12.8. The van der Waals surface area contributed by atoms with E-state index in [0.29, 0.717) is 19.3 Å². The number of ether oxygens (including phenoxy) is 3. The van der Waals surface area contributed by atoms with E-state index in [0.717, 1.165) is 122 Å². The van der Waals surface area contributed by atoms with Crippen molar-refractivity contribution in [2.24, 2.45) is 0 Å². The fourth-order valence-electron chi connectivity index (χ4n) is 6.22. The first-order chi connectivity index (χ1) is 31.0. The van der Waals surface area contributed by atoms with Gasteiger partial charge in [-0.2, -0.15) is 0 Å². The zero-order chi connectivity index (χ0) is 45.8. The first-order valence-electron chi connectivity index (χ1n) is 25.0. The normalized spacial score (nSPS) is 13.1. The standard InChI is InChI=1S/C57H90O6/c1-4-7-10-13-16-19-22-25-28-31-34-37-40-43-46-49-55(58)61-52-54(63-57(60)51-48-45-42-39-36-33-30-27-24-21-18-15-12-9-6-3)53-62-56(59)50-47-44-41-38-35-32-29-26-23-20-17-14-11-8-5-2/h7,9-10,12,16-21,25-30,34,36-37,39,54H,4-6,8,11,13-15,22-24,31-33,35,38,40-53H2,1-3H3/b10-7-,12-9-,19-16-,20-17-,21-18-,28-25-,29-26-,30-27-,37-34-,39-36-. The monoisotopic (exact) mass is 871 g/mol. The van der Waals surface area contributed by atoms with Crippen LogP contribution in [0.25, 0.3) is 0 Å². The molecule has 0 aromatic heterocycles. The molecule has 0 aliphatic rings. The zero-order valence-corrected chi connectivity index (χ0v) is 40.3. The van der Waals surface area contributed by atoms with Gasteiger partial charge in [0.2, 0.25) is 0 Å². The van der Waals surface area contributed by atoms with E-state index in [1.807, 2.05) is 0 Å². The molecule has 0 N–H and O–H groups in total. The predicted octanol–water partition coefficient (Wildman–Crippen LogP) is 16.5. The number of hydrogen-bond donors (Lipinski definition) is 0. The molecule has 1 atom stereocenters. The van der Waals surface area contributed by atoms with Crippen LogP contribution in [0.3, 0.4) is 0 Å². The maximum Gasteiger partial charge on any atom is 0.306 e. The van der Waals surface area contributed by atoms with Crippen molar-refractivity contribution in [3.05, 3.63) is 122 Å². The Morgan fingerprint density at radius 2 is 0.619 bits per heavy atom. The highest BCUT2D eigenvalue weighted by Crippen LogP contribution is 2.11. The van der Waals surface area contributed by atoms with Crippen molar-refractivity contribution in [1.29, 1.82) is 0 Å². The highest BCUT2D eigenvalue weighted by molar-refractivity contribution is 5.71. The first-order valence-corrected chi connectivity index (χ1v) is 25.0. The minimum atomic E-state index is -0.825. The van der Waals surface area contributed by atoms with Crippen molar-refractivity contribution >= 4 is 17.9 Å². The van der Waals surface area contributed by atoms with Gasteiger partial charge in [0.25, 0.3) is 0 Å². The molecule has 0 heterocycles. The zero-order valence-electron chi connectivity index (χ0n) is 40.3. The van der Waals surface area contributed by atoms with Gasteiger partial charge < -0.3 is 14.2 Å².